The van der Waals surface area contributed by atoms with E-state index in [2.05, 4.69) is 95.0 Å². The average molecular weight is 1520 g/mol. The van der Waals surface area contributed by atoms with Crippen LogP contribution < -0.4 is 32.6 Å². The molecule has 0 radical (unpaired) electrons. The molecule has 19 rings (SSSR count). The van der Waals surface area contributed by atoms with Gasteiger partial charge >= 0.3 is 0 Å². The second-order valence-corrected chi connectivity index (χ2v) is 28.5. The van der Waals surface area contributed by atoms with Crippen molar-refractivity contribution >= 4 is 93.6 Å². The number of nitrogens with zero attached hydrogens (tertiary/aromatic N) is 14. The van der Waals surface area contributed by atoms with Crippen molar-refractivity contribution in [2.75, 3.05) is 16.0 Å². The second-order valence-electron chi connectivity index (χ2n) is 28.5. The highest BCUT2D eigenvalue weighted by Crippen LogP contribution is 2.37. The van der Waals surface area contributed by atoms with Crippen molar-refractivity contribution < 1.29 is 0 Å². The first-order chi connectivity index (χ1) is 56.7. The van der Waals surface area contributed by atoms with E-state index in [4.69, 9.17) is 0 Å². The summed E-state index contributed by atoms with van der Waals surface area (Å²) in [5.74, 6) is 3.24. The van der Waals surface area contributed by atoms with Crippen molar-refractivity contribution in [1.82, 2.24) is 68.5 Å². The number of aryl methyl sites for hydroxylation is 4. The Morgan fingerprint density at radius 3 is 1.10 bits per heavy atom. The van der Waals surface area contributed by atoms with Crippen LogP contribution in [0.1, 0.15) is 79.0 Å². The monoisotopic (exact) mass is 1520 g/mol. The fourth-order valence-corrected chi connectivity index (χ4v) is 15.3. The molecule has 20 heteroatoms. The van der Waals surface area contributed by atoms with Gasteiger partial charge in [-0.3, -0.25) is 58.0 Å². The maximum atomic E-state index is 14.5. The van der Waals surface area contributed by atoms with Crippen LogP contribution in [-0.4, -0.2) is 68.5 Å². The molecule has 0 saturated heterocycles. The standard InChI is InChI=1S/C34H26N6O.C31H26N6O.C31H25N5O/c1-21(37-33-32-29(16-9-17-35-32)38-22(2)39-33)30-19-24-11-8-14-27(25-18-23-10-6-7-15-28(23)36-20-25)31(24)34(41)40(30)26-12-4-3-5-13-26;1-19-17-22(14-16-32-19)25-12-7-9-23-18-27(37(31(38)28(23)25)24-10-5-4-6-11-24)20(2)34-30-29-26(13-8-15-33-29)35-21(3)36-30;1-20-18-23(14-16-32-20)26-12-6-8-24-19-27(36(31(37)28(24)26)25-10-4-3-5-11-25)21(2)35-30-29-22(13-17-34-30)9-7-15-33-29/h3-21H,1-2H3,(H,37,38,39);4-18,20H,1-3H3,(H,34,35,36);3-19,21H,1-2H3,(H,34,35)/t21-;20-;21-/m000/s1. The van der Waals surface area contributed by atoms with Crippen molar-refractivity contribution in [3.05, 3.63) is 375 Å². The van der Waals surface area contributed by atoms with Gasteiger partial charge in [0, 0.05) is 105 Å². The first-order valence-electron chi connectivity index (χ1n) is 38.3. The number of benzene rings is 7. The molecule has 3 N–H and O–H groups in total. The molecule has 0 aliphatic heterocycles. The van der Waals surface area contributed by atoms with E-state index >= 15 is 0 Å². The number of nitrogens with one attached hydrogen (secondary N) is 3. The fraction of sp³-hybridized carbons (Fsp3) is 0.104. The lowest BCUT2D eigenvalue weighted by molar-refractivity contribution is 0.773. The van der Waals surface area contributed by atoms with Crippen LogP contribution >= 0.6 is 0 Å². The summed E-state index contributed by atoms with van der Waals surface area (Å²) in [6.45, 7) is 13.7. The van der Waals surface area contributed by atoms with Crippen LogP contribution in [0.5, 0.6) is 0 Å². The molecule has 0 spiro atoms. The number of hydrogen-bond acceptors (Lipinski definition) is 17. The minimum absolute atomic E-state index is 0.0681. The van der Waals surface area contributed by atoms with E-state index < -0.39 is 0 Å². The lowest BCUT2D eigenvalue weighted by Crippen LogP contribution is -2.26. The van der Waals surface area contributed by atoms with E-state index in [1.165, 1.54) is 0 Å². The van der Waals surface area contributed by atoms with Gasteiger partial charge < -0.3 is 16.0 Å². The van der Waals surface area contributed by atoms with Crippen LogP contribution in [0.15, 0.2) is 319 Å². The van der Waals surface area contributed by atoms with Gasteiger partial charge in [-0.2, -0.15) is 0 Å². The van der Waals surface area contributed by atoms with Crippen LogP contribution in [0.4, 0.5) is 17.5 Å². The maximum Gasteiger partial charge on any atom is 0.263 e. The van der Waals surface area contributed by atoms with Gasteiger partial charge in [-0.05, 0) is 220 Å². The summed E-state index contributed by atoms with van der Waals surface area (Å²) in [7, 11) is 0. The molecule has 0 amide bonds. The molecule has 0 saturated carbocycles. The molecule has 7 aromatic carbocycles. The molecule has 0 bridgehead atoms. The van der Waals surface area contributed by atoms with Crippen LogP contribution in [0.25, 0.3) is 127 Å². The molecule has 0 unspecified atom stereocenters. The van der Waals surface area contributed by atoms with Gasteiger partial charge in [-0.15, -0.1) is 0 Å². The van der Waals surface area contributed by atoms with E-state index in [-0.39, 0.29) is 34.8 Å². The highest BCUT2D eigenvalue weighted by molar-refractivity contribution is 6.00. The first-order valence-corrected chi connectivity index (χ1v) is 38.3. The second kappa shape index (κ2) is 31.9. The van der Waals surface area contributed by atoms with E-state index in [1.54, 1.807) is 50.9 Å². The van der Waals surface area contributed by atoms with Crippen LogP contribution in [0, 0.1) is 27.7 Å². The normalized spacial score (nSPS) is 12.1. The summed E-state index contributed by atoms with van der Waals surface area (Å²) < 4.78 is 5.39. The summed E-state index contributed by atoms with van der Waals surface area (Å²) in [6, 6.07) is 84.1. The van der Waals surface area contributed by atoms with E-state index in [1.807, 2.05) is 291 Å². The Kier molecular flexibility index (Phi) is 20.2. The zero-order valence-electron chi connectivity index (χ0n) is 64.6. The topological polar surface area (TPSA) is 244 Å². The molecule has 12 heterocycles. The lowest BCUT2D eigenvalue weighted by Gasteiger charge is -2.22. The maximum absolute atomic E-state index is 14.5. The number of rotatable bonds is 15. The minimum atomic E-state index is -0.280. The van der Waals surface area contributed by atoms with E-state index in [9.17, 15) is 14.4 Å². The Bertz CT molecular complexity index is 7160. The fourth-order valence-electron chi connectivity index (χ4n) is 15.3. The number of para-hydroxylation sites is 4. The van der Waals surface area contributed by atoms with Gasteiger partial charge in [0.25, 0.3) is 16.7 Å². The molecule has 0 aliphatic rings. The number of hydrogen-bond donors (Lipinski definition) is 3. The van der Waals surface area contributed by atoms with Gasteiger partial charge in [-0.1, -0.05) is 133 Å². The summed E-state index contributed by atoms with van der Waals surface area (Å²) in [6.07, 6.45) is 12.4. The van der Waals surface area contributed by atoms with E-state index in [0.717, 1.165) is 128 Å². The Labute approximate surface area is 666 Å². The van der Waals surface area contributed by atoms with Crippen LogP contribution in [0.3, 0.4) is 0 Å². The Hall–Kier alpha value is -15.2. The molecular weight excluding hydrogens is 1440 g/mol. The molecule has 564 valence electrons. The average Bonchev–Trinajstić information content (AvgIpc) is 0.766. The molecule has 116 heavy (non-hydrogen) atoms. The third-order valence-corrected chi connectivity index (χ3v) is 20.6. The largest absolute Gasteiger partial charge is 0.360 e. The Morgan fingerprint density at radius 2 is 0.655 bits per heavy atom. The zero-order valence-corrected chi connectivity index (χ0v) is 64.6. The summed E-state index contributed by atoms with van der Waals surface area (Å²) >= 11 is 0. The number of fused-ring (bicyclic) bond motifs is 7. The predicted octanol–water partition coefficient (Wildman–Crippen LogP) is 19.7. The van der Waals surface area contributed by atoms with Crippen molar-refractivity contribution in [1.29, 1.82) is 0 Å². The smallest absolute Gasteiger partial charge is 0.263 e. The van der Waals surface area contributed by atoms with Gasteiger partial charge in [-0.25, -0.2) is 24.9 Å². The summed E-state index contributed by atoms with van der Waals surface area (Å²) in [5, 5.41) is 17.2. The molecule has 19 aromatic rings. The van der Waals surface area contributed by atoms with Crippen molar-refractivity contribution in [3.63, 3.8) is 0 Å². The van der Waals surface area contributed by atoms with Gasteiger partial charge in [0.1, 0.15) is 28.2 Å². The molecular formula is C96H77N17O3. The number of anilines is 3. The van der Waals surface area contributed by atoms with Gasteiger partial charge in [0.05, 0.1) is 50.8 Å². The zero-order chi connectivity index (χ0) is 79.5. The summed E-state index contributed by atoms with van der Waals surface area (Å²) in [5.41, 5.74) is 16.5. The van der Waals surface area contributed by atoms with Crippen LogP contribution in [-0.2, 0) is 0 Å². The predicted molar refractivity (Wildman–Crippen MR) is 465 cm³/mol. The Morgan fingerprint density at radius 1 is 0.284 bits per heavy atom. The molecule has 0 fully saturated rings. The third kappa shape index (κ3) is 14.7. The van der Waals surface area contributed by atoms with Crippen molar-refractivity contribution in [2.45, 2.75) is 66.6 Å². The first kappa shape index (κ1) is 73.6. The van der Waals surface area contributed by atoms with Crippen LogP contribution in [0.2, 0.25) is 0 Å². The molecule has 20 nitrogen and oxygen atoms in total. The van der Waals surface area contributed by atoms with Crippen molar-refractivity contribution in [3.8, 4) is 50.4 Å². The lowest BCUT2D eigenvalue weighted by atomic mass is 9.98. The highest BCUT2D eigenvalue weighted by atomic mass is 16.1. The highest BCUT2D eigenvalue weighted by Gasteiger charge is 2.25. The minimum Gasteiger partial charge on any atom is -0.360 e. The van der Waals surface area contributed by atoms with Crippen molar-refractivity contribution in [2.24, 2.45) is 0 Å². The quantitative estimate of drug-likeness (QED) is 0.0864. The Balaban J connectivity index is 0.000000125. The van der Waals surface area contributed by atoms with Gasteiger partial charge in [0.15, 0.2) is 17.5 Å². The number of aromatic nitrogens is 14. The molecule has 0 aliphatic carbocycles. The van der Waals surface area contributed by atoms with Gasteiger partial charge in [0.2, 0.25) is 0 Å². The SMILES string of the molecule is Cc1cc(-c2cccc3cc([C@H](C)Nc4nc(C)nc5cccnc45)n(-c4ccccc4)c(=O)c23)ccn1.Cc1cc(-c2cccc3cc([C@H](C)Nc4nccc5cccnc45)n(-c4ccccc4)c(=O)c23)ccn1.Cc1nc(N[C@@H](C)c2cc3cccc(-c4cnc5ccccc5c4)c3c(=O)n2-c2ccccc2)c2ncccc2n1. The summed E-state index contributed by atoms with van der Waals surface area (Å²) in [4.78, 5) is 92.9. The number of pyridine rings is 10. The third-order valence-electron chi connectivity index (χ3n) is 20.6. The molecule has 12 aromatic heterocycles. The van der Waals surface area contributed by atoms with E-state index in [0.29, 0.717) is 56.3 Å². The molecule has 3 atom stereocenters.